The number of ether oxygens (including phenoxy) is 2. The Kier molecular flexibility index (Phi) is 10.1. The van der Waals surface area contributed by atoms with Gasteiger partial charge in [0.2, 0.25) is 0 Å². The molecule has 3 aromatic rings. The molecular weight excluding hydrogens is 572 g/mol. The molecule has 1 atom stereocenters. The van der Waals surface area contributed by atoms with Crippen LogP contribution in [0.3, 0.4) is 0 Å². The van der Waals surface area contributed by atoms with Crippen molar-refractivity contribution < 1.29 is 9.47 Å². The van der Waals surface area contributed by atoms with Crippen molar-refractivity contribution in [1.82, 2.24) is 10.3 Å². The molecule has 1 aromatic heterocycles. The lowest BCUT2D eigenvalue weighted by molar-refractivity contribution is 0.302. The Bertz CT molecular complexity index is 1030. The molecule has 0 saturated heterocycles. The summed E-state index contributed by atoms with van der Waals surface area (Å²) in [4.78, 5) is 4.44. The molecule has 3 N–H and O–H groups in total. The van der Waals surface area contributed by atoms with E-state index in [9.17, 15) is 0 Å². The summed E-state index contributed by atoms with van der Waals surface area (Å²) in [6.07, 6.45) is 1.77. The first-order valence-corrected chi connectivity index (χ1v) is 10.6. The van der Waals surface area contributed by atoms with Gasteiger partial charge in [-0.25, -0.2) is 0 Å². The molecule has 0 saturated carbocycles. The van der Waals surface area contributed by atoms with E-state index in [2.05, 4.69) is 46.7 Å². The zero-order chi connectivity index (χ0) is 21.2. The van der Waals surface area contributed by atoms with Gasteiger partial charge in [-0.15, -0.1) is 24.8 Å². The number of aromatic nitrogens is 1. The maximum atomic E-state index is 6.92. The molecule has 0 aliphatic heterocycles. The van der Waals surface area contributed by atoms with Crippen LogP contribution in [0.4, 0.5) is 0 Å². The zero-order valence-corrected chi connectivity index (χ0v) is 22.3. The van der Waals surface area contributed by atoms with Crippen molar-refractivity contribution in [3.63, 3.8) is 0 Å². The highest BCUT2D eigenvalue weighted by Gasteiger charge is 2.42. The molecule has 0 spiro atoms. The maximum absolute atomic E-state index is 6.92. The van der Waals surface area contributed by atoms with Crippen LogP contribution in [0.15, 0.2) is 48.7 Å². The molecule has 0 aliphatic rings. The highest BCUT2D eigenvalue weighted by atomic mass is 127. The highest BCUT2D eigenvalue weighted by Crippen LogP contribution is 2.41. The number of fused-ring (bicyclic) bond motifs is 1. The smallest absolute Gasteiger partial charge is 0.165 e. The molecule has 31 heavy (non-hydrogen) atoms. The van der Waals surface area contributed by atoms with Crippen LogP contribution in [0, 0.1) is 0 Å². The average Bonchev–Trinajstić information content (AvgIpc) is 2.70. The fraction of sp³-hybridized carbons (Fsp3) is 0.318. The number of halogens is 4. The lowest BCUT2D eigenvalue weighted by Crippen LogP contribution is -2.58. The van der Waals surface area contributed by atoms with Gasteiger partial charge in [0, 0.05) is 34.3 Å². The number of hydrogen-bond acceptors (Lipinski definition) is 5. The third-order valence-corrected chi connectivity index (χ3v) is 7.38. The predicted molar refractivity (Wildman–Crippen MR) is 142 cm³/mol. The number of nitrogens with one attached hydrogen (secondary N) is 1. The third-order valence-electron chi connectivity index (χ3n) is 5.21. The van der Waals surface area contributed by atoms with Crippen molar-refractivity contribution in [3.05, 3.63) is 64.8 Å². The van der Waals surface area contributed by atoms with E-state index < -0.39 is 9.08 Å². The fourth-order valence-corrected chi connectivity index (χ4v) is 4.14. The molecule has 0 aliphatic carbocycles. The molecule has 5 nitrogen and oxygen atoms in total. The quantitative estimate of drug-likeness (QED) is 0.203. The summed E-state index contributed by atoms with van der Waals surface area (Å²) in [7, 11) is 3.28. The Hall–Kier alpha value is -1.03. The molecule has 9 heteroatoms. The van der Waals surface area contributed by atoms with E-state index in [1.807, 2.05) is 42.5 Å². The van der Waals surface area contributed by atoms with Gasteiger partial charge in [-0.3, -0.25) is 4.98 Å². The number of para-hydroxylation sites is 1. The van der Waals surface area contributed by atoms with Gasteiger partial charge in [0.25, 0.3) is 0 Å². The second kappa shape index (κ2) is 11.2. The second-order valence-corrected chi connectivity index (χ2v) is 9.50. The summed E-state index contributed by atoms with van der Waals surface area (Å²) in [6, 6.07) is 13.5. The van der Waals surface area contributed by atoms with Crippen molar-refractivity contribution in [2.75, 3.05) is 14.2 Å². The lowest BCUT2D eigenvalue weighted by Gasteiger charge is -2.41. The average molecular weight is 599 g/mol. The van der Waals surface area contributed by atoms with Crippen LogP contribution in [0.25, 0.3) is 10.9 Å². The fourth-order valence-electron chi connectivity index (χ4n) is 3.31. The number of rotatable bonds is 7. The number of nitrogens with two attached hydrogens (primary N) is 1. The Morgan fingerprint density at radius 3 is 2.45 bits per heavy atom. The molecule has 0 bridgehead atoms. The van der Waals surface area contributed by atoms with E-state index in [-0.39, 0.29) is 24.8 Å². The summed E-state index contributed by atoms with van der Waals surface area (Å²) in [5.41, 5.74) is 9.28. The summed E-state index contributed by atoms with van der Waals surface area (Å²) >= 11 is 8.45. The minimum absolute atomic E-state index is 0. The summed E-state index contributed by atoms with van der Waals surface area (Å²) in [5.74, 6) is 1.42. The SMILES string of the molecule is COc1cccc(CNC(C)(C)C(N)(I)c2ccnc3cc(Cl)ccc23)c1OC.Cl.Cl. The number of alkyl halides is 1. The molecule has 170 valence electrons. The highest BCUT2D eigenvalue weighted by molar-refractivity contribution is 14.1. The van der Waals surface area contributed by atoms with Gasteiger partial charge in [0.1, 0.15) is 3.55 Å². The largest absolute Gasteiger partial charge is 0.493 e. The number of methoxy groups -OCH3 is 2. The first-order chi connectivity index (χ1) is 13.7. The molecule has 0 amide bonds. The van der Waals surface area contributed by atoms with Crippen molar-refractivity contribution in [2.24, 2.45) is 5.73 Å². The first-order valence-electron chi connectivity index (χ1n) is 9.18. The Balaban J connectivity index is 0.00000240. The van der Waals surface area contributed by atoms with Crippen LogP contribution in [-0.4, -0.2) is 24.7 Å². The number of hydrogen-bond donors (Lipinski definition) is 2. The number of nitrogens with zero attached hydrogens (tertiary/aromatic N) is 1. The predicted octanol–water partition coefficient (Wildman–Crippen LogP) is 5.86. The summed E-state index contributed by atoms with van der Waals surface area (Å²) in [6.45, 7) is 4.76. The van der Waals surface area contributed by atoms with Crippen LogP contribution in [0.5, 0.6) is 11.5 Å². The topological polar surface area (TPSA) is 69.4 Å². The van der Waals surface area contributed by atoms with Crippen LogP contribution >= 0.6 is 59.0 Å². The van der Waals surface area contributed by atoms with E-state index >= 15 is 0 Å². The summed E-state index contributed by atoms with van der Waals surface area (Å²) in [5, 5.41) is 5.24. The standard InChI is InChI=1S/C22H25ClIN3O2.2ClH/c1-21(2,27-13-14-6-5-7-19(28-3)20(14)29-4)22(24,25)17-10-11-26-18-12-15(23)8-9-16(17)18;;/h5-12,27H,13,25H2,1-4H3;2*1H. The normalized spacial score (nSPS) is 13.0. The summed E-state index contributed by atoms with van der Waals surface area (Å²) < 4.78 is 10.2. The molecule has 0 radical (unpaired) electrons. The first kappa shape index (κ1) is 28.0. The van der Waals surface area contributed by atoms with E-state index in [1.165, 1.54) is 0 Å². The zero-order valence-electron chi connectivity index (χ0n) is 17.7. The Morgan fingerprint density at radius 1 is 1.10 bits per heavy atom. The Labute approximate surface area is 214 Å². The third kappa shape index (κ3) is 5.67. The van der Waals surface area contributed by atoms with E-state index in [0.29, 0.717) is 17.3 Å². The van der Waals surface area contributed by atoms with Gasteiger partial charge in [0.15, 0.2) is 11.5 Å². The minimum atomic E-state index is -0.716. The number of pyridine rings is 1. The Morgan fingerprint density at radius 2 is 1.81 bits per heavy atom. The van der Waals surface area contributed by atoms with Gasteiger partial charge in [-0.2, -0.15) is 0 Å². The van der Waals surface area contributed by atoms with E-state index in [4.69, 9.17) is 26.8 Å². The second-order valence-electron chi connectivity index (χ2n) is 7.36. The van der Waals surface area contributed by atoms with E-state index in [0.717, 1.165) is 27.8 Å². The van der Waals surface area contributed by atoms with Crippen LogP contribution < -0.4 is 20.5 Å². The van der Waals surface area contributed by atoms with Gasteiger partial charge in [0.05, 0.1) is 19.7 Å². The molecule has 2 aromatic carbocycles. The molecule has 0 fully saturated rings. The minimum Gasteiger partial charge on any atom is -0.493 e. The van der Waals surface area contributed by atoms with Crippen molar-refractivity contribution >= 4 is 69.9 Å². The van der Waals surface area contributed by atoms with Crippen LogP contribution in [0.2, 0.25) is 5.02 Å². The van der Waals surface area contributed by atoms with Gasteiger partial charge < -0.3 is 20.5 Å². The van der Waals surface area contributed by atoms with Gasteiger partial charge >= 0.3 is 0 Å². The number of benzene rings is 2. The van der Waals surface area contributed by atoms with Crippen molar-refractivity contribution in [2.45, 2.75) is 29.5 Å². The van der Waals surface area contributed by atoms with Crippen LogP contribution in [-0.2, 0) is 10.1 Å². The maximum Gasteiger partial charge on any atom is 0.165 e. The van der Waals surface area contributed by atoms with Crippen LogP contribution in [0.1, 0.15) is 25.0 Å². The van der Waals surface area contributed by atoms with Gasteiger partial charge in [-0.05, 0) is 43.7 Å². The van der Waals surface area contributed by atoms with Crippen molar-refractivity contribution in [3.8, 4) is 11.5 Å². The van der Waals surface area contributed by atoms with Gasteiger partial charge in [-0.1, -0.05) is 52.4 Å². The lowest BCUT2D eigenvalue weighted by atomic mass is 9.87. The molecule has 1 heterocycles. The van der Waals surface area contributed by atoms with E-state index in [1.54, 1.807) is 20.4 Å². The van der Waals surface area contributed by atoms with Crippen molar-refractivity contribution in [1.29, 1.82) is 0 Å². The monoisotopic (exact) mass is 597 g/mol. The molecule has 3 rings (SSSR count). The molecule has 1 unspecified atom stereocenters. The molecular formula is C22H27Cl3IN3O2.